The minimum absolute atomic E-state index is 0.745. The minimum atomic E-state index is 0.745. The molecule has 0 unspecified atom stereocenters. The van der Waals surface area contributed by atoms with Crippen LogP contribution in [0.1, 0.15) is 0 Å². The highest BCUT2D eigenvalue weighted by Gasteiger charge is 2.10. The summed E-state index contributed by atoms with van der Waals surface area (Å²) in [4.78, 5) is 3.36. The third-order valence-electron chi connectivity index (χ3n) is 4.03. The van der Waals surface area contributed by atoms with Crippen LogP contribution in [0.3, 0.4) is 0 Å². The summed E-state index contributed by atoms with van der Waals surface area (Å²) >= 11 is 12.0. The van der Waals surface area contributed by atoms with Gasteiger partial charge in [-0.15, -0.1) is 0 Å². The molecule has 1 nitrogen and oxygen atoms in total. The Hall–Kier alpha value is -2.22. The van der Waals surface area contributed by atoms with Crippen molar-refractivity contribution in [2.45, 2.75) is 0 Å². The van der Waals surface area contributed by atoms with E-state index in [0.29, 0.717) is 0 Å². The van der Waals surface area contributed by atoms with Crippen molar-refractivity contribution in [3.63, 3.8) is 0 Å². The number of benzene rings is 3. The number of halogens is 2. The number of rotatable bonds is 2. The lowest BCUT2D eigenvalue weighted by molar-refractivity contribution is 1.47. The Balaban J connectivity index is 1.91. The van der Waals surface area contributed by atoms with Gasteiger partial charge in [-0.3, -0.25) is 0 Å². The van der Waals surface area contributed by atoms with E-state index in [1.807, 2.05) is 54.7 Å². The highest BCUT2D eigenvalue weighted by molar-refractivity contribution is 6.31. The lowest BCUT2D eigenvalue weighted by atomic mass is 9.96. The fourth-order valence-corrected chi connectivity index (χ4v) is 3.16. The molecule has 0 amide bonds. The molecule has 0 spiro atoms. The molecule has 112 valence electrons. The van der Waals surface area contributed by atoms with Crippen LogP contribution in [0.5, 0.6) is 0 Å². The van der Waals surface area contributed by atoms with Crippen LogP contribution in [-0.2, 0) is 0 Å². The van der Waals surface area contributed by atoms with Crippen LogP contribution >= 0.6 is 23.2 Å². The molecule has 3 aromatic carbocycles. The maximum absolute atomic E-state index is 6.00. The Labute approximate surface area is 144 Å². The number of nitrogens with one attached hydrogen (secondary N) is 1. The van der Waals surface area contributed by atoms with Crippen molar-refractivity contribution in [3.8, 4) is 22.3 Å². The highest BCUT2D eigenvalue weighted by Crippen LogP contribution is 2.35. The molecule has 0 atom stereocenters. The van der Waals surface area contributed by atoms with Gasteiger partial charge in [0.1, 0.15) is 0 Å². The first-order valence-corrected chi connectivity index (χ1v) is 8.10. The van der Waals surface area contributed by atoms with Crippen LogP contribution in [0, 0.1) is 0 Å². The van der Waals surface area contributed by atoms with E-state index in [2.05, 4.69) is 23.2 Å². The Morgan fingerprint density at radius 3 is 1.70 bits per heavy atom. The van der Waals surface area contributed by atoms with Gasteiger partial charge in [0.25, 0.3) is 0 Å². The first-order chi connectivity index (χ1) is 11.2. The third kappa shape index (κ3) is 2.63. The van der Waals surface area contributed by atoms with Crippen molar-refractivity contribution in [1.29, 1.82) is 0 Å². The molecule has 0 bridgehead atoms. The van der Waals surface area contributed by atoms with Crippen molar-refractivity contribution < 1.29 is 0 Å². The number of H-pyrrole nitrogens is 1. The quantitative estimate of drug-likeness (QED) is 0.413. The normalized spacial score (nSPS) is 11.0. The van der Waals surface area contributed by atoms with E-state index < -0.39 is 0 Å². The van der Waals surface area contributed by atoms with Gasteiger partial charge < -0.3 is 4.98 Å². The number of hydrogen-bond acceptors (Lipinski definition) is 0. The Morgan fingerprint density at radius 2 is 1.09 bits per heavy atom. The molecule has 1 N–H and O–H groups in total. The molecule has 3 heteroatoms. The minimum Gasteiger partial charge on any atom is -0.361 e. The lowest BCUT2D eigenvalue weighted by Gasteiger charge is -2.09. The SMILES string of the molecule is Clc1ccc(-c2ccc(-c3ccc(Cl)cc3)c3[nH]ccc23)cc1. The van der Waals surface area contributed by atoms with Crippen LogP contribution in [-0.4, -0.2) is 4.98 Å². The average molecular weight is 338 g/mol. The van der Waals surface area contributed by atoms with Gasteiger partial charge in [0.15, 0.2) is 0 Å². The summed E-state index contributed by atoms with van der Waals surface area (Å²) in [5, 5.41) is 2.69. The number of aromatic amines is 1. The van der Waals surface area contributed by atoms with E-state index >= 15 is 0 Å². The van der Waals surface area contributed by atoms with Crippen LogP contribution in [0.15, 0.2) is 72.9 Å². The molecule has 0 radical (unpaired) electrons. The summed E-state index contributed by atoms with van der Waals surface area (Å²) in [5.41, 5.74) is 5.78. The Morgan fingerprint density at radius 1 is 0.565 bits per heavy atom. The molecule has 4 aromatic rings. The maximum Gasteiger partial charge on any atom is 0.0539 e. The van der Waals surface area contributed by atoms with Crippen LogP contribution in [0.4, 0.5) is 0 Å². The van der Waals surface area contributed by atoms with Gasteiger partial charge in [-0.05, 0) is 47.0 Å². The van der Waals surface area contributed by atoms with Crippen molar-refractivity contribution in [2.75, 3.05) is 0 Å². The third-order valence-corrected chi connectivity index (χ3v) is 4.54. The van der Waals surface area contributed by atoms with Crippen molar-refractivity contribution in [2.24, 2.45) is 0 Å². The summed E-state index contributed by atoms with van der Waals surface area (Å²) in [6, 6.07) is 22.3. The van der Waals surface area contributed by atoms with Gasteiger partial charge in [0, 0.05) is 27.2 Å². The summed E-state index contributed by atoms with van der Waals surface area (Å²) in [7, 11) is 0. The predicted molar refractivity (Wildman–Crippen MR) is 99.2 cm³/mol. The summed E-state index contributed by atoms with van der Waals surface area (Å²) in [5.74, 6) is 0. The first-order valence-electron chi connectivity index (χ1n) is 7.34. The molecule has 1 aromatic heterocycles. The Kier molecular flexibility index (Phi) is 3.60. The fraction of sp³-hybridized carbons (Fsp3) is 0. The van der Waals surface area contributed by atoms with E-state index in [1.165, 1.54) is 16.5 Å². The Bertz CT molecular complexity index is 887. The second kappa shape index (κ2) is 5.77. The first kappa shape index (κ1) is 14.4. The summed E-state index contributed by atoms with van der Waals surface area (Å²) in [6.45, 7) is 0. The van der Waals surface area contributed by atoms with E-state index in [4.69, 9.17) is 23.2 Å². The van der Waals surface area contributed by atoms with Crippen molar-refractivity contribution >= 4 is 34.1 Å². The molecular formula is C20H13Cl2N. The van der Waals surface area contributed by atoms with Crippen molar-refractivity contribution in [1.82, 2.24) is 4.98 Å². The van der Waals surface area contributed by atoms with Crippen LogP contribution in [0.2, 0.25) is 10.0 Å². The molecule has 0 saturated heterocycles. The topological polar surface area (TPSA) is 15.8 Å². The summed E-state index contributed by atoms with van der Waals surface area (Å²) < 4.78 is 0. The van der Waals surface area contributed by atoms with Gasteiger partial charge in [-0.1, -0.05) is 59.6 Å². The number of fused-ring (bicyclic) bond motifs is 1. The molecule has 0 saturated carbocycles. The predicted octanol–water partition coefficient (Wildman–Crippen LogP) is 6.81. The molecule has 23 heavy (non-hydrogen) atoms. The smallest absolute Gasteiger partial charge is 0.0539 e. The van der Waals surface area contributed by atoms with Crippen LogP contribution in [0.25, 0.3) is 33.2 Å². The second-order valence-corrected chi connectivity index (χ2v) is 6.31. The van der Waals surface area contributed by atoms with Crippen LogP contribution < -0.4 is 0 Å². The zero-order chi connectivity index (χ0) is 15.8. The van der Waals surface area contributed by atoms with E-state index in [-0.39, 0.29) is 0 Å². The molecule has 0 aliphatic carbocycles. The molecule has 0 fully saturated rings. The van der Waals surface area contributed by atoms with Crippen molar-refractivity contribution in [3.05, 3.63) is 83.0 Å². The van der Waals surface area contributed by atoms with Gasteiger partial charge in [0.2, 0.25) is 0 Å². The zero-order valence-electron chi connectivity index (χ0n) is 12.2. The number of hydrogen-bond donors (Lipinski definition) is 1. The van der Waals surface area contributed by atoms with Gasteiger partial charge >= 0.3 is 0 Å². The molecule has 4 rings (SSSR count). The molecular weight excluding hydrogens is 325 g/mol. The zero-order valence-corrected chi connectivity index (χ0v) is 13.7. The van der Waals surface area contributed by atoms with Gasteiger partial charge in [0.05, 0.1) is 5.52 Å². The van der Waals surface area contributed by atoms with E-state index in [1.54, 1.807) is 0 Å². The number of aromatic nitrogens is 1. The van der Waals surface area contributed by atoms with E-state index in [9.17, 15) is 0 Å². The van der Waals surface area contributed by atoms with E-state index in [0.717, 1.165) is 26.7 Å². The van der Waals surface area contributed by atoms with Gasteiger partial charge in [-0.2, -0.15) is 0 Å². The molecule has 0 aliphatic rings. The monoisotopic (exact) mass is 337 g/mol. The summed E-state index contributed by atoms with van der Waals surface area (Å²) in [6.07, 6.45) is 1.98. The standard InChI is InChI=1S/C20H13Cl2N/c21-15-5-1-13(2-6-15)17-9-10-18(20-19(17)11-12-23-20)14-3-7-16(22)8-4-14/h1-12,23H. The second-order valence-electron chi connectivity index (χ2n) is 5.44. The molecule has 1 heterocycles. The largest absolute Gasteiger partial charge is 0.361 e. The highest BCUT2D eigenvalue weighted by atomic mass is 35.5. The average Bonchev–Trinajstić information content (AvgIpc) is 3.05. The maximum atomic E-state index is 6.00. The lowest BCUT2D eigenvalue weighted by Crippen LogP contribution is -1.84. The fourth-order valence-electron chi connectivity index (χ4n) is 2.91. The van der Waals surface area contributed by atoms with Gasteiger partial charge in [-0.25, -0.2) is 0 Å². The molecule has 0 aliphatic heterocycles.